The molecule has 8 nitrogen and oxygen atoms in total. The quantitative estimate of drug-likeness (QED) is 0.128. The standard InChI is InChI=1S/2C22H22FN3O/c2*1-14-7-10-17(11-8-14)25-26-22(27)21-20(15-5-3-2-4-6-15)18-13-16(23)9-12-19(18)24-21/h2*2-6,9,12-14,24H,7-8,10-11H2,1H3,(H,26,27). The summed E-state index contributed by atoms with van der Waals surface area (Å²) in [5.74, 6) is 0.151. The lowest BCUT2D eigenvalue weighted by Crippen LogP contribution is -2.22. The number of nitrogens with one attached hydrogen (secondary N) is 4. The monoisotopic (exact) mass is 726 g/mol. The Morgan fingerprint density at radius 2 is 0.944 bits per heavy atom. The molecule has 8 rings (SSSR count). The third-order valence-corrected chi connectivity index (χ3v) is 10.4. The van der Waals surface area contributed by atoms with Crippen LogP contribution in [0.5, 0.6) is 0 Å². The number of carbonyl (C=O) groups is 2. The van der Waals surface area contributed by atoms with E-state index < -0.39 is 0 Å². The molecule has 2 heterocycles. The van der Waals surface area contributed by atoms with Crippen molar-refractivity contribution in [1.82, 2.24) is 20.8 Å². The fraction of sp³-hybridized carbons (Fsp3) is 0.273. The van der Waals surface area contributed by atoms with Gasteiger partial charge in [0.05, 0.1) is 0 Å². The molecule has 0 spiro atoms. The van der Waals surface area contributed by atoms with Crippen LogP contribution < -0.4 is 10.9 Å². The number of aromatic amines is 2. The maximum Gasteiger partial charge on any atom is 0.288 e. The van der Waals surface area contributed by atoms with Crippen LogP contribution in [-0.2, 0) is 0 Å². The highest BCUT2D eigenvalue weighted by molar-refractivity contribution is 6.11. The highest BCUT2D eigenvalue weighted by Crippen LogP contribution is 2.34. The van der Waals surface area contributed by atoms with Crippen LogP contribution in [0.1, 0.15) is 86.2 Å². The van der Waals surface area contributed by atoms with E-state index in [1.165, 1.54) is 24.3 Å². The molecule has 0 aliphatic heterocycles. The van der Waals surface area contributed by atoms with Gasteiger partial charge in [0.25, 0.3) is 11.8 Å². The number of hydrazone groups is 2. The minimum atomic E-state index is -0.331. The van der Waals surface area contributed by atoms with Gasteiger partial charge in [-0.15, -0.1) is 0 Å². The minimum absolute atomic E-state index is 0.309. The molecular formula is C44H44F2N6O2. The van der Waals surface area contributed by atoms with Crippen molar-refractivity contribution in [3.05, 3.63) is 120 Å². The summed E-state index contributed by atoms with van der Waals surface area (Å²) in [6.45, 7) is 4.48. The number of rotatable bonds is 6. The van der Waals surface area contributed by atoms with Crippen LogP contribution in [0.15, 0.2) is 107 Å². The molecule has 0 saturated heterocycles. The number of benzene rings is 4. The molecule has 2 aromatic heterocycles. The highest BCUT2D eigenvalue weighted by Gasteiger charge is 2.22. The van der Waals surface area contributed by atoms with Crippen molar-refractivity contribution in [3.8, 4) is 22.3 Å². The summed E-state index contributed by atoms with van der Waals surface area (Å²) in [5, 5.41) is 10.1. The zero-order chi connectivity index (χ0) is 37.6. The second-order valence-corrected chi connectivity index (χ2v) is 14.5. The molecule has 276 valence electrons. The summed E-state index contributed by atoms with van der Waals surface area (Å²) >= 11 is 0. The van der Waals surface area contributed by atoms with Gasteiger partial charge in [-0.2, -0.15) is 10.2 Å². The molecule has 10 heteroatoms. The Morgan fingerprint density at radius 1 is 0.574 bits per heavy atom. The van der Waals surface area contributed by atoms with Crippen molar-refractivity contribution >= 4 is 45.0 Å². The second-order valence-electron chi connectivity index (χ2n) is 14.5. The molecule has 6 aromatic rings. The topological polar surface area (TPSA) is 114 Å². The lowest BCUT2D eigenvalue weighted by molar-refractivity contribution is 0.0943. The molecule has 54 heavy (non-hydrogen) atoms. The number of halogens is 2. The van der Waals surface area contributed by atoms with Gasteiger partial charge in [-0.1, -0.05) is 74.5 Å². The van der Waals surface area contributed by atoms with Gasteiger partial charge in [-0.05, 0) is 111 Å². The number of fused-ring (bicyclic) bond motifs is 2. The van der Waals surface area contributed by atoms with E-state index in [0.717, 1.165) is 85.0 Å². The summed E-state index contributed by atoms with van der Waals surface area (Å²) in [7, 11) is 0. The SMILES string of the molecule is CC1CCC(=NNC(=O)c2[nH]c3ccc(F)cc3c2-c2ccccc2)CC1.CC1CCC(=NNC(=O)c2[nH]c3ccc(F)cc3c2-c2ccccc2)CC1. The Hall–Kier alpha value is -5.90. The van der Waals surface area contributed by atoms with E-state index in [-0.39, 0.29) is 23.4 Å². The van der Waals surface area contributed by atoms with Crippen molar-refractivity contribution in [2.45, 2.75) is 65.2 Å². The Bertz CT molecular complexity index is 2160. The predicted octanol–water partition coefficient (Wildman–Crippen LogP) is 10.5. The Morgan fingerprint density at radius 3 is 1.31 bits per heavy atom. The molecule has 2 saturated carbocycles. The molecule has 0 unspecified atom stereocenters. The number of hydrogen-bond acceptors (Lipinski definition) is 4. The maximum atomic E-state index is 13.8. The van der Waals surface area contributed by atoms with Gasteiger partial charge in [0, 0.05) is 44.4 Å². The molecule has 0 bridgehead atoms. The molecule has 2 fully saturated rings. The number of nitrogens with zero attached hydrogens (tertiary/aromatic N) is 2. The fourth-order valence-corrected chi connectivity index (χ4v) is 7.26. The minimum Gasteiger partial charge on any atom is -0.350 e. The summed E-state index contributed by atoms with van der Waals surface area (Å²) in [5.41, 5.74) is 12.8. The van der Waals surface area contributed by atoms with Gasteiger partial charge in [0.1, 0.15) is 23.0 Å². The van der Waals surface area contributed by atoms with E-state index >= 15 is 0 Å². The number of hydrogen-bond donors (Lipinski definition) is 4. The van der Waals surface area contributed by atoms with Crippen molar-refractivity contribution in [1.29, 1.82) is 0 Å². The number of aromatic nitrogens is 2. The number of carbonyl (C=O) groups excluding carboxylic acids is 2. The molecule has 2 aliphatic rings. The fourth-order valence-electron chi connectivity index (χ4n) is 7.26. The first kappa shape index (κ1) is 36.5. The third kappa shape index (κ3) is 8.33. The molecule has 0 radical (unpaired) electrons. The average molecular weight is 727 g/mol. The van der Waals surface area contributed by atoms with E-state index in [1.807, 2.05) is 60.7 Å². The summed E-state index contributed by atoms with van der Waals surface area (Å²) < 4.78 is 27.7. The molecule has 0 atom stereocenters. The van der Waals surface area contributed by atoms with E-state index in [9.17, 15) is 18.4 Å². The maximum absolute atomic E-state index is 13.8. The first-order valence-electron chi connectivity index (χ1n) is 18.7. The number of amides is 2. The number of H-pyrrole nitrogens is 2. The lowest BCUT2D eigenvalue weighted by Gasteiger charge is -2.18. The second kappa shape index (κ2) is 16.4. The van der Waals surface area contributed by atoms with Crippen LogP contribution in [0.3, 0.4) is 0 Å². The molecule has 4 aromatic carbocycles. The first-order valence-corrected chi connectivity index (χ1v) is 18.7. The van der Waals surface area contributed by atoms with E-state index in [4.69, 9.17) is 0 Å². The zero-order valence-corrected chi connectivity index (χ0v) is 30.5. The molecule has 4 N–H and O–H groups in total. The molecule has 2 aliphatic carbocycles. The van der Waals surface area contributed by atoms with Crippen LogP contribution in [0.2, 0.25) is 0 Å². The highest BCUT2D eigenvalue weighted by atomic mass is 19.1. The average Bonchev–Trinajstić information content (AvgIpc) is 3.77. The summed E-state index contributed by atoms with van der Waals surface area (Å²) in [4.78, 5) is 32.0. The van der Waals surface area contributed by atoms with Crippen molar-refractivity contribution in [2.24, 2.45) is 22.0 Å². The van der Waals surface area contributed by atoms with Crippen LogP contribution in [0.4, 0.5) is 8.78 Å². The molecule has 2 amide bonds. The van der Waals surface area contributed by atoms with Crippen molar-refractivity contribution in [2.75, 3.05) is 0 Å². The summed E-state index contributed by atoms with van der Waals surface area (Å²) in [6.07, 6.45) is 8.11. The van der Waals surface area contributed by atoms with Crippen LogP contribution in [0, 0.1) is 23.5 Å². The van der Waals surface area contributed by atoms with Gasteiger partial charge < -0.3 is 9.97 Å². The van der Waals surface area contributed by atoms with Crippen molar-refractivity contribution in [3.63, 3.8) is 0 Å². The predicted molar refractivity (Wildman–Crippen MR) is 212 cm³/mol. The lowest BCUT2D eigenvalue weighted by atomic mass is 9.90. The van der Waals surface area contributed by atoms with E-state index in [2.05, 4.69) is 44.9 Å². The van der Waals surface area contributed by atoms with E-state index in [1.54, 1.807) is 12.1 Å². The van der Waals surface area contributed by atoms with Gasteiger partial charge in [-0.25, -0.2) is 19.6 Å². The van der Waals surface area contributed by atoms with Crippen molar-refractivity contribution < 1.29 is 18.4 Å². The van der Waals surface area contributed by atoms with Crippen LogP contribution >= 0.6 is 0 Å². The van der Waals surface area contributed by atoms with Gasteiger partial charge in [0.2, 0.25) is 0 Å². The van der Waals surface area contributed by atoms with Gasteiger partial charge >= 0.3 is 0 Å². The normalized spacial score (nSPS) is 17.1. The van der Waals surface area contributed by atoms with Gasteiger partial charge in [0.15, 0.2) is 0 Å². The van der Waals surface area contributed by atoms with Gasteiger partial charge in [-0.3, -0.25) is 9.59 Å². The zero-order valence-electron chi connectivity index (χ0n) is 30.5. The van der Waals surface area contributed by atoms with E-state index in [0.29, 0.717) is 45.1 Å². The summed E-state index contributed by atoms with van der Waals surface area (Å²) in [6, 6.07) is 28.1. The molecular weight excluding hydrogens is 683 g/mol. The third-order valence-electron chi connectivity index (χ3n) is 10.4. The van der Waals surface area contributed by atoms with Crippen LogP contribution in [0.25, 0.3) is 44.1 Å². The first-order chi connectivity index (χ1) is 26.2. The Balaban J connectivity index is 0.000000167. The Labute approximate surface area is 313 Å². The Kier molecular flexibility index (Phi) is 11.1. The smallest absolute Gasteiger partial charge is 0.288 e. The largest absolute Gasteiger partial charge is 0.350 e. The van der Waals surface area contributed by atoms with Crippen LogP contribution in [-0.4, -0.2) is 33.2 Å².